The third kappa shape index (κ3) is 5.11. The number of aromatic nitrogens is 2. The summed E-state index contributed by atoms with van der Waals surface area (Å²) in [6.45, 7) is 0. The molecule has 1 fully saturated rings. The fraction of sp³-hybridized carbons (Fsp3) is 0.222. The quantitative estimate of drug-likeness (QED) is 0.251. The van der Waals surface area contributed by atoms with Gasteiger partial charge in [-0.1, -0.05) is 60.5 Å². The van der Waals surface area contributed by atoms with Crippen LogP contribution in [-0.2, 0) is 5.75 Å². The van der Waals surface area contributed by atoms with E-state index in [0.717, 1.165) is 31.2 Å². The Morgan fingerprint density at radius 2 is 1.89 bits per heavy atom. The van der Waals surface area contributed by atoms with Crippen molar-refractivity contribution in [2.45, 2.75) is 42.6 Å². The highest BCUT2D eigenvalue weighted by atomic mass is 35.5. The van der Waals surface area contributed by atoms with Crippen molar-refractivity contribution >= 4 is 40.2 Å². The second-order valence-electron chi connectivity index (χ2n) is 8.58. The highest BCUT2D eigenvalue weighted by Gasteiger charge is 2.20. The van der Waals surface area contributed by atoms with Crippen molar-refractivity contribution in [2.75, 3.05) is 0 Å². The molecule has 3 aromatic carbocycles. The van der Waals surface area contributed by atoms with Gasteiger partial charge >= 0.3 is 0 Å². The molecule has 5 rings (SSSR count). The maximum absolute atomic E-state index is 14.0. The van der Waals surface area contributed by atoms with Gasteiger partial charge in [0.2, 0.25) is 0 Å². The van der Waals surface area contributed by atoms with E-state index >= 15 is 0 Å². The van der Waals surface area contributed by atoms with E-state index in [4.69, 9.17) is 16.6 Å². The smallest absolute Gasteiger partial charge is 0.266 e. The van der Waals surface area contributed by atoms with Crippen LogP contribution in [0.4, 0.5) is 4.39 Å². The second-order valence-corrected chi connectivity index (χ2v) is 9.93. The number of thioether (sulfide) groups is 1. The van der Waals surface area contributed by atoms with Gasteiger partial charge in [0.15, 0.2) is 5.16 Å². The van der Waals surface area contributed by atoms with Crippen molar-refractivity contribution in [1.29, 1.82) is 0 Å². The Labute approximate surface area is 211 Å². The SMILES string of the molecule is O=C(NC1CCCC1)c1ccc2c(=O)n(-c3cccc(F)c3)c(SCc3ccccc3Cl)nc2c1. The molecular formula is C27H23ClFN3O2S. The normalized spacial score (nSPS) is 13.9. The van der Waals surface area contributed by atoms with Crippen LogP contribution in [-0.4, -0.2) is 21.5 Å². The van der Waals surface area contributed by atoms with E-state index in [1.165, 1.54) is 28.5 Å². The van der Waals surface area contributed by atoms with E-state index in [1.54, 1.807) is 36.4 Å². The number of halogens is 2. The van der Waals surface area contributed by atoms with Gasteiger partial charge in [0, 0.05) is 22.4 Å². The Balaban J connectivity index is 1.57. The van der Waals surface area contributed by atoms with E-state index in [-0.39, 0.29) is 17.5 Å². The Morgan fingerprint density at radius 3 is 2.66 bits per heavy atom. The summed E-state index contributed by atoms with van der Waals surface area (Å²) in [5.41, 5.74) is 1.83. The fourth-order valence-corrected chi connectivity index (χ4v) is 5.64. The van der Waals surface area contributed by atoms with Gasteiger partial charge in [0.05, 0.1) is 16.6 Å². The first-order chi connectivity index (χ1) is 17.0. The van der Waals surface area contributed by atoms with Gasteiger partial charge in [-0.15, -0.1) is 0 Å². The number of fused-ring (bicyclic) bond motifs is 1. The molecule has 1 saturated carbocycles. The molecule has 5 nitrogen and oxygen atoms in total. The molecule has 1 aliphatic carbocycles. The number of hydrogen-bond acceptors (Lipinski definition) is 4. The summed E-state index contributed by atoms with van der Waals surface area (Å²) in [6.07, 6.45) is 4.21. The van der Waals surface area contributed by atoms with Crippen LogP contribution in [0.1, 0.15) is 41.6 Å². The molecule has 178 valence electrons. The van der Waals surface area contributed by atoms with Gasteiger partial charge < -0.3 is 5.32 Å². The van der Waals surface area contributed by atoms with Crippen molar-refractivity contribution < 1.29 is 9.18 Å². The van der Waals surface area contributed by atoms with Crippen LogP contribution < -0.4 is 10.9 Å². The minimum Gasteiger partial charge on any atom is -0.349 e. The number of amides is 1. The number of hydrogen-bond donors (Lipinski definition) is 1. The molecule has 0 aliphatic heterocycles. The van der Waals surface area contributed by atoms with E-state index in [0.29, 0.717) is 38.1 Å². The van der Waals surface area contributed by atoms with E-state index < -0.39 is 5.82 Å². The predicted molar refractivity (Wildman–Crippen MR) is 138 cm³/mol. The molecule has 0 radical (unpaired) electrons. The van der Waals surface area contributed by atoms with E-state index in [2.05, 4.69) is 5.32 Å². The van der Waals surface area contributed by atoms with Gasteiger partial charge in [0.25, 0.3) is 11.5 Å². The number of benzene rings is 3. The van der Waals surface area contributed by atoms with Crippen molar-refractivity contribution in [3.05, 3.63) is 99.1 Å². The third-order valence-corrected chi connectivity index (χ3v) is 7.53. The Bertz CT molecular complexity index is 1470. The monoisotopic (exact) mass is 507 g/mol. The van der Waals surface area contributed by atoms with Gasteiger partial charge in [-0.2, -0.15) is 0 Å². The first kappa shape index (κ1) is 23.6. The fourth-order valence-electron chi connectivity index (χ4n) is 4.34. The molecule has 1 N–H and O–H groups in total. The highest BCUT2D eigenvalue weighted by molar-refractivity contribution is 7.98. The molecule has 1 aromatic heterocycles. The zero-order valence-corrected chi connectivity index (χ0v) is 20.4. The molecule has 8 heteroatoms. The van der Waals surface area contributed by atoms with Crippen LogP contribution >= 0.6 is 23.4 Å². The lowest BCUT2D eigenvalue weighted by Crippen LogP contribution is -2.32. The lowest BCUT2D eigenvalue weighted by molar-refractivity contribution is 0.0938. The summed E-state index contributed by atoms with van der Waals surface area (Å²) in [4.78, 5) is 31.1. The second kappa shape index (κ2) is 10.2. The first-order valence-electron chi connectivity index (χ1n) is 11.5. The molecule has 1 amide bonds. The zero-order valence-electron chi connectivity index (χ0n) is 18.8. The lowest BCUT2D eigenvalue weighted by atomic mass is 10.1. The van der Waals surface area contributed by atoms with E-state index in [9.17, 15) is 14.0 Å². The van der Waals surface area contributed by atoms with Crippen LogP contribution in [0.15, 0.2) is 76.7 Å². The third-order valence-electron chi connectivity index (χ3n) is 6.17. The number of carbonyl (C=O) groups is 1. The highest BCUT2D eigenvalue weighted by Crippen LogP contribution is 2.28. The zero-order chi connectivity index (χ0) is 24.4. The van der Waals surface area contributed by atoms with Crippen molar-refractivity contribution in [3.8, 4) is 5.69 Å². The summed E-state index contributed by atoms with van der Waals surface area (Å²) in [7, 11) is 0. The molecule has 0 spiro atoms. The van der Waals surface area contributed by atoms with Gasteiger partial charge in [-0.25, -0.2) is 9.37 Å². The summed E-state index contributed by atoms with van der Waals surface area (Å²) in [5.74, 6) is -0.148. The van der Waals surface area contributed by atoms with Gasteiger partial charge in [-0.3, -0.25) is 14.2 Å². The van der Waals surface area contributed by atoms with Crippen LogP contribution in [0.3, 0.4) is 0 Å². The number of carbonyl (C=O) groups excluding carboxylic acids is 1. The summed E-state index contributed by atoms with van der Waals surface area (Å²) in [5, 5.41) is 4.44. The largest absolute Gasteiger partial charge is 0.349 e. The molecule has 0 saturated heterocycles. The van der Waals surface area contributed by atoms with Crippen molar-refractivity contribution in [2.24, 2.45) is 0 Å². The maximum Gasteiger partial charge on any atom is 0.266 e. The van der Waals surface area contributed by atoms with Gasteiger partial charge in [-0.05, 0) is 60.9 Å². The molecule has 1 aliphatic rings. The molecule has 0 unspecified atom stereocenters. The summed E-state index contributed by atoms with van der Waals surface area (Å²) < 4.78 is 15.4. The Morgan fingerprint density at radius 1 is 1.09 bits per heavy atom. The lowest BCUT2D eigenvalue weighted by Gasteiger charge is -2.15. The molecular weight excluding hydrogens is 485 g/mol. The molecule has 35 heavy (non-hydrogen) atoms. The van der Waals surface area contributed by atoms with Gasteiger partial charge in [0.1, 0.15) is 5.82 Å². The van der Waals surface area contributed by atoms with Crippen LogP contribution in [0, 0.1) is 5.82 Å². The molecule has 1 heterocycles. The molecule has 0 bridgehead atoms. The number of nitrogens with one attached hydrogen (secondary N) is 1. The number of nitrogens with zero attached hydrogens (tertiary/aromatic N) is 2. The van der Waals surface area contributed by atoms with Crippen molar-refractivity contribution in [3.63, 3.8) is 0 Å². The first-order valence-corrected chi connectivity index (χ1v) is 12.9. The topological polar surface area (TPSA) is 64.0 Å². The standard InChI is InChI=1S/C27H23ClFN3O2S/c28-23-11-4-1-6-18(23)16-35-27-31-24-14-17(25(33)30-20-8-2-3-9-20)12-13-22(24)26(34)32(27)21-10-5-7-19(29)15-21/h1,4-7,10-15,20H,2-3,8-9,16H2,(H,30,33). The molecule has 4 aromatic rings. The predicted octanol–water partition coefficient (Wildman–Crippen LogP) is 6.14. The number of rotatable bonds is 6. The molecule has 0 atom stereocenters. The minimum absolute atomic E-state index is 0.167. The average molecular weight is 508 g/mol. The summed E-state index contributed by atoms with van der Waals surface area (Å²) in [6, 6.07) is 18.4. The van der Waals surface area contributed by atoms with Crippen LogP contribution in [0.25, 0.3) is 16.6 Å². The Kier molecular flexibility index (Phi) is 6.88. The van der Waals surface area contributed by atoms with Crippen LogP contribution in [0.2, 0.25) is 5.02 Å². The summed E-state index contributed by atoms with van der Waals surface area (Å²) >= 11 is 7.65. The maximum atomic E-state index is 14.0. The minimum atomic E-state index is -0.449. The van der Waals surface area contributed by atoms with Crippen LogP contribution in [0.5, 0.6) is 0 Å². The van der Waals surface area contributed by atoms with Crippen molar-refractivity contribution in [1.82, 2.24) is 14.9 Å². The Hall–Kier alpha value is -3.16. The average Bonchev–Trinajstić information content (AvgIpc) is 3.36. The van der Waals surface area contributed by atoms with E-state index in [1.807, 2.05) is 18.2 Å².